The number of nitrogens with zero attached hydrogens (tertiary/aromatic N) is 2. The van der Waals surface area contributed by atoms with E-state index >= 15 is 0 Å². The van der Waals surface area contributed by atoms with Crippen LogP contribution in [0.4, 0.5) is 0 Å². The third kappa shape index (κ3) is 4.95. The number of hydrogen-bond donors (Lipinski definition) is 0. The zero-order valence-electron chi connectivity index (χ0n) is 8.94. The summed E-state index contributed by atoms with van der Waals surface area (Å²) in [6, 6.07) is 3.54. The summed E-state index contributed by atoms with van der Waals surface area (Å²) in [5.41, 5.74) is 0.738. The fourth-order valence-electron chi connectivity index (χ4n) is 0.926. The Morgan fingerprint density at radius 3 is 2.60 bits per heavy atom. The monoisotopic (exact) mass is 230 g/mol. The van der Waals surface area contributed by atoms with E-state index in [1.165, 1.54) is 0 Å². The molecule has 1 aromatic rings. The largest absolute Gasteiger partial charge is 0.474 e. The minimum absolute atomic E-state index is 0.221. The molecule has 0 amide bonds. The first-order valence-corrected chi connectivity index (χ1v) is 5.39. The zero-order valence-corrected chi connectivity index (χ0v) is 9.70. The van der Waals surface area contributed by atoms with Crippen molar-refractivity contribution in [2.75, 3.05) is 13.2 Å². The van der Waals surface area contributed by atoms with Crippen molar-refractivity contribution in [2.24, 2.45) is 0 Å². The zero-order chi connectivity index (χ0) is 11.1. The summed E-state index contributed by atoms with van der Waals surface area (Å²) in [7, 11) is 0. The Bertz CT molecular complexity index is 277. The normalized spacial score (nSPS) is 10.7. The first-order chi connectivity index (χ1) is 7.22. The van der Waals surface area contributed by atoms with E-state index in [0.29, 0.717) is 25.0 Å². The van der Waals surface area contributed by atoms with E-state index in [9.17, 15) is 0 Å². The molecule has 4 nitrogen and oxygen atoms in total. The molecule has 0 N–H and O–H groups in total. The van der Waals surface area contributed by atoms with Crippen LogP contribution >= 0.6 is 11.6 Å². The van der Waals surface area contributed by atoms with Gasteiger partial charge >= 0.3 is 0 Å². The van der Waals surface area contributed by atoms with Crippen LogP contribution in [0.5, 0.6) is 5.88 Å². The molecule has 5 heteroatoms. The first kappa shape index (κ1) is 12.2. The van der Waals surface area contributed by atoms with Gasteiger partial charge in [-0.3, -0.25) is 0 Å². The number of hydrogen-bond acceptors (Lipinski definition) is 4. The predicted octanol–water partition coefficient (Wildman–Crippen LogP) is 2.02. The molecular weight excluding hydrogens is 216 g/mol. The molecule has 0 saturated carbocycles. The molecule has 0 aromatic carbocycles. The SMILES string of the molecule is CC(C)OCCOc1ccc(CCl)nn1. The van der Waals surface area contributed by atoms with Crippen LogP contribution in [0.1, 0.15) is 19.5 Å². The maximum Gasteiger partial charge on any atom is 0.233 e. The van der Waals surface area contributed by atoms with Crippen molar-refractivity contribution in [3.63, 3.8) is 0 Å². The lowest BCUT2D eigenvalue weighted by molar-refractivity contribution is 0.0540. The van der Waals surface area contributed by atoms with Gasteiger partial charge in [0, 0.05) is 6.07 Å². The second kappa shape index (κ2) is 6.58. The van der Waals surface area contributed by atoms with E-state index < -0.39 is 0 Å². The number of ether oxygens (including phenoxy) is 2. The van der Waals surface area contributed by atoms with Crippen molar-refractivity contribution < 1.29 is 9.47 Å². The summed E-state index contributed by atoms with van der Waals surface area (Å²) < 4.78 is 10.6. The molecule has 15 heavy (non-hydrogen) atoms. The van der Waals surface area contributed by atoms with Crippen LogP contribution in [0, 0.1) is 0 Å². The molecule has 0 fully saturated rings. The Kier molecular flexibility index (Phi) is 5.36. The molecule has 0 saturated heterocycles. The number of halogens is 1. The highest BCUT2D eigenvalue weighted by atomic mass is 35.5. The van der Waals surface area contributed by atoms with Crippen molar-refractivity contribution in [1.82, 2.24) is 10.2 Å². The van der Waals surface area contributed by atoms with Gasteiger partial charge in [-0.2, -0.15) is 5.10 Å². The highest BCUT2D eigenvalue weighted by Crippen LogP contribution is 2.06. The Labute approximate surface area is 94.6 Å². The van der Waals surface area contributed by atoms with Gasteiger partial charge in [-0.1, -0.05) is 0 Å². The predicted molar refractivity (Wildman–Crippen MR) is 58.2 cm³/mol. The first-order valence-electron chi connectivity index (χ1n) is 4.85. The smallest absolute Gasteiger partial charge is 0.233 e. The lowest BCUT2D eigenvalue weighted by Gasteiger charge is -2.08. The maximum absolute atomic E-state index is 5.58. The van der Waals surface area contributed by atoms with Crippen molar-refractivity contribution >= 4 is 11.6 Å². The van der Waals surface area contributed by atoms with E-state index in [1.807, 2.05) is 13.8 Å². The van der Waals surface area contributed by atoms with Gasteiger partial charge < -0.3 is 9.47 Å². The van der Waals surface area contributed by atoms with Crippen LogP contribution in [0.3, 0.4) is 0 Å². The average molecular weight is 231 g/mol. The molecule has 1 aromatic heterocycles. The number of alkyl halides is 1. The summed E-state index contributed by atoms with van der Waals surface area (Å²) >= 11 is 5.58. The quantitative estimate of drug-likeness (QED) is 0.554. The third-order valence-corrected chi connectivity index (χ3v) is 1.89. The van der Waals surface area contributed by atoms with Crippen LogP contribution in [-0.4, -0.2) is 29.5 Å². The molecule has 0 atom stereocenters. The fraction of sp³-hybridized carbons (Fsp3) is 0.600. The van der Waals surface area contributed by atoms with E-state index in [2.05, 4.69) is 10.2 Å². The summed E-state index contributed by atoms with van der Waals surface area (Å²) in [5, 5.41) is 7.72. The maximum atomic E-state index is 5.58. The summed E-state index contributed by atoms with van der Waals surface area (Å²) in [4.78, 5) is 0. The van der Waals surface area contributed by atoms with Gasteiger partial charge in [0.25, 0.3) is 0 Å². The molecule has 0 unspecified atom stereocenters. The van der Waals surface area contributed by atoms with Crippen molar-refractivity contribution in [3.8, 4) is 5.88 Å². The van der Waals surface area contributed by atoms with Gasteiger partial charge in [-0.05, 0) is 19.9 Å². The van der Waals surface area contributed by atoms with Crippen LogP contribution in [0.15, 0.2) is 12.1 Å². The van der Waals surface area contributed by atoms with E-state index in [0.717, 1.165) is 5.69 Å². The van der Waals surface area contributed by atoms with Crippen molar-refractivity contribution in [2.45, 2.75) is 25.8 Å². The van der Waals surface area contributed by atoms with Gasteiger partial charge in [0.2, 0.25) is 5.88 Å². The average Bonchev–Trinajstić information content (AvgIpc) is 2.25. The van der Waals surface area contributed by atoms with E-state index in [-0.39, 0.29) is 6.10 Å². The summed E-state index contributed by atoms with van der Waals surface area (Å²) in [5.74, 6) is 0.861. The number of aromatic nitrogens is 2. The Morgan fingerprint density at radius 2 is 2.07 bits per heavy atom. The highest BCUT2D eigenvalue weighted by Gasteiger charge is 1.98. The van der Waals surface area contributed by atoms with Gasteiger partial charge in [-0.25, -0.2) is 0 Å². The molecule has 0 spiro atoms. The second-order valence-corrected chi connectivity index (χ2v) is 3.53. The molecule has 0 aliphatic heterocycles. The summed E-state index contributed by atoms with van der Waals surface area (Å²) in [6.07, 6.45) is 0.221. The topological polar surface area (TPSA) is 44.2 Å². The van der Waals surface area contributed by atoms with E-state index in [4.69, 9.17) is 21.1 Å². The Morgan fingerprint density at radius 1 is 1.27 bits per heavy atom. The standard InChI is InChI=1S/C10H15ClN2O2/c1-8(2)14-5-6-15-10-4-3-9(7-11)12-13-10/h3-4,8H,5-7H2,1-2H3. The minimum Gasteiger partial charge on any atom is -0.474 e. The Hall–Kier alpha value is -0.870. The highest BCUT2D eigenvalue weighted by molar-refractivity contribution is 6.16. The molecular formula is C10H15ClN2O2. The molecule has 0 aliphatic rings. The van der Waals surface area contributed by atoms with Crippen molar-refractivity contribution in [3.05, 3.63) is 17.8 Å². The summed E-state index contributed by atoms with van der Waals surface area (Å²) in [6.45, 7) is 4.99. The molecule has 0 aliphatic carbocycles. The van der Waals surface area contributed by atoms with Gasteiger partial charge in [0.15, 0.2) is 0 Å². The molecule has 1 rings (SSSR count). The molecule has 1 heterocycles. The molecule has 0 bridgehead atoms. The lowest BCUT2D eigenvalue weighted by atomic mass is 10.4. The van der Waals surface area contributed by atoms with E-state index in [1.54, 1.807) is 12.1 Å². The van der Waals surface area contributed by atoms with Crippen LogP contribution in [-0.2, 0) is 10.6 Å². The Balaban J connectivity index is 2.25. The van der Waals surface area contributed by atoms with Gasteiger partial charge in [0.05, 0.1) is 24.3 Å². The van der Waals surface area contributed by atoms with Crippen LogP contribution in [0.25, 0.3) is 0 Å². The van der Waals surface area contributed by atoms with Crippen LogP contribution in [0.2, 0.25) is 0 Å². The van der Waals surface area contributed by atoms with Crippen molar-refractivity contribution in [1.29, 1.82) is 0 Å². The van der Waals surface area contributed by atoms with Crippen LogP contribution < -0.4 is 4.74 Å². The fourth-order valence-corrected chi connectivity index (χ4v) is 1.07. The lowest BCUT2D eigenvalue weighted by Crippen LogP contribution is -2.12. The second-order valence-electron chi connectivity index (χ2n) is 3.26. The van der Waals surface area contributed by atoms with Gasteiger partial charge in [-0.15, -0.1) is 16.7 Å². The number of rotatable bonds is 6. The molecule has 0 radical (unpaired) electrons. The van der Waals surface area contributed by atoms with Gasteiger partial charge in [0.1, 0.15) is 6.61 Å². The third-order valence-electron chi connectivity index (χ3n) is 1.62. The molecule has 84 valence electrons. The minimum atomic E-state index is 0.221.